The van der Waals surface area contributed by atoms with E-state index in [2.05, 4.69) is 20.0 Å². The second-order valence-electron chi connectivity index (χ2n) is 5.15. The van der Waals surface area contributed by atoms with Crippen molar-refractivity contribution in [1.29, 1.82) is 0 Å². The third kappa shape index (κ3) is 3.70. The lowest BCUT2D eigenvalue weighted by Crippen LogP contribution is -2.24. The fourth-order valence-electron chi connectivity index (χ4n) is 2.05. The summed E-state index contributed by atoms with van der Waals surface area (Å²) in [6.07, 6.45) is 5.71. The topological polar surface area (TPSA) is 86.9 Å². The molecule has 1 aliphatic rings. The number of aromatic amines is 1. The molecule has 0 aliphatic heterocycles. The highest BCUT2D eigenvalue weighted by Gasteiger charge is 2.23. The van der Waals surface area contributed by atoms with Crippen LogP contribution in [0.3, 0.4) is 0 Å². The normalized spacial score (nSPS) is 15.5. The van der Waals surface area contributed by atoms with Crippen molar-refractivity contribution in [3.63, 3.8) is 0 Å². The van der Waals surface area contributed by atoms with E-state index in [9.17, 15) is 8.42 Å². The summed E-state index contributed by atoms with van der Waals surface area (Å²) in [5.41, 5.74) is 0. The van der Waals surface area contributed by atoms with Crippen LogP contribution < -0.4 is 10.0 Å². The first kappa shape index (κ1) is 14.7. The van der Waals surface area contributed by atoms with Gasteiger partial charge in [0.2, 0.25) is 10.0 Å². The van der Waals surface area contributed by atoms with Crippen LogP contribution >= 0.6 is 11.3 Å². The lowest BCUT2D eigenvalue weighted by molar-refractivity contribution is 0.579. The fraction of sp³-hybridized carbons (Fsp3) is 0.462. The first-order chi connectivity index (χ1) is 10.0. The van der Waals surface area contributed by atoms with Gasteiger partial charge < -0.3 is 10.3 Å². The van der Waals surface area contributed by atoms with Gasteiger partial charge in [-0.25, -0.2) is 18.1 Å². The van der Waals surface area contributed by atoms with E-state index in [1.165, 1.54) is 24.2 Å². The lowest BCUT2D eigenvalue weighted by Gasteiger charge is -2.04. The summed E-state index contributed by atoms with van der Waals surface area (Å²) in [6.45, 7) is 2.75. The van der Waals surface area contributed by atoms with Gasteiger partial charge >= 0.3 is 0 Å². The number of aryl methyl sites for hydroxylation is 1. The highest BCUT2D eigenvalue weighted by atomic mass is 32.2. The zero-order valence-corrected chi connectivity index (χ0v) is 13.4. The second-order valence-corrected chi connectivity index (χ2v) is 8.22. The molecule has 2 heterocycles. The zero-order valence-electron chi connectivity index (χ0n) is 11.7. The predicted octanol–water partition coefficient (Wildman–Crippen LogP) is 1.51. The van der Waals surface area contributed by atoms with Gasteiger partial charge in [0.25, 0.3) is 0 Å². The van der Waals surface area contributed by atoms with E-state index >= 15 is 0 Å². The van der Waals surface area contributed by atoms with Crippen LogP contribution in [0.25, 0.3) is 0 Å². The van der Waals surface area contributed by atoms with Crippen LogP contribution in [0.4, 0.5) is 0 Å². The van der Waals surface area contributed by atoms with Crippen LogP contribution in [0.1, 0.15) is 28.4 Å². The smallest absolute Gasteiger partial charge is 0.242 e. The Morgan fingerprint density at radius 3 is 2.90 bits per heavy atom. The Morgan fingerprint density at radius 1 is 1.43 bits per heavy atom. The molecule has 0 atom stereocenters. The Hall–Kier alpha value is -1.22. The van der Waals surface area contributed by atoms with Crippen molar-refractivity contribution in [3.05, 3.63) is 34.0 Å². The van der Waals surface area contributed by atoms with E-state index in [4.69, 9.17) is 0 Å². The van der Waals surface area contributed by atoms with Gasteiger partial charge in [0.05, 0.1) is 11.4 Å². The van der Waals surface area contributed by atoms with Gasteiger partial charge in [-0.15, -0.1) is 11.3 Å². The number of rotatable bonds is 7. The zero-order chi connectivity index (χ0) is 14.9. The monoisotopic (exact) mass is 326 g/mol. The fourth-order valence-corrected chi connectivity index (χ4v) is 4.62. The second kappa shape index (κ2) is 5.88. The number of aromatic nitrogens is 2. The lowest BCUT2D eigenvalue weighted by atomic mass is 10.4. The molecule has 8 heteroatoms. The van der Waals surface area contributed by atoms with Crippen LogP contribution in [0.15, 0.2) is 23.4 Å². The molecule has 0 saturated heterocycles. The number of thiophene rings is 1. The van der Waals surface area contributed by atoms with Crippen LogP contribution in [-0.4, -0.2) is 24.4 Å². The molecule has 6 nitrogen and oxygen atoms in total. The van der Waals surface area contributed by atoms with E-state index in [0.717, 1.165) is 16.3 Å². The Kier molecular flexibility index (Phi) is 4.12. The first-order valence-corrected chi connectivity index (χ1v) is 9.15. The Balaban J connectivity index is 1.68. The average molecular weight is 326 g/mol. The molecule has 2 aromatic heterocycles. The third-order valence-corrected chi connectivity index (χ3v) is 6.05. The number of H-pyrrole nitrogens is 1. The first-order valence-electron chi connectivity index (χ1n) is 6.85. The standard InChI is InChI=1S/C13H18N4O2S2/c1-9-12(6-11(20-9)7-16-10-2-3-10)21(18,19)17-8-13-14-4-5-15-13/h4-6,10,16-17H,2-3,7-8H2,1H3,(H,14,15). The maximum absolute atomic E-state index is 12.3. The van der Waals surface area contributed by atoms with E-state index in [-0.39, 0.29) is 6.54 Å². The quantitative estimate of drug-likeness (QED) is 0.720. The number of nitrogens with zero attached hydrogens (tertiary/aromatic N) is 1. The van der Waals surface area contributed by atoms with Crippen molar-refractivity contribution in [3.8, 4) is 0 Å². The maximum atomic E-state index is 12.3. The molecule has 114 valence electrons. The van der Waals surface area contributed by atoms with Crippen molar-refractivity contribution in [1.82, 2.24) is 20.0 Å². The number of imidazole rings is 1. The summed E-state index contributed by atoms with van der Waals surface area (Å²) in [6, 6.07) is 2.38. The molecule has 1 aliphatic carbocycles. The molecule has 3 N–H and O–H groups in total. The van der Waals surface area contributed by atoms with E-state index in [0.29, 0.717) is 16.8 Å². The van der Waals surface area contributed by atoms with E-state index in [1.54, 1.807) is 18.5 Å². The van der Waals surface area contributed by atoms with Crippen LogP contribution in [-0.2, 0) is 23.1 Å². The Morgan fingerprint density at radius 2 is 2.24 bits per heavy atom. The largest absolute Gasteiger partial charge is 0.347 e. The minimum atomic E-state index is -3.50. The molecule has 1 saturated carbocycles. The summed E-state index contributed by atoms with van der Waals surface area (Å²) in [4.78, 5) is 9.12. The van der Waals surface area contributed by atoms with Gasteiger partial charge in [-0.05, 0) is 25.8 Å². The van der Waals surface area contributed by atoms with Gasteiger partial charge in [-0.2, -0.15) is 0 Å². The van der Waals surface area contributed by atoms with Gasteiger partial charge in [0.1, 0.15) is 5.82 Å². The molecule has 0 amide bonds. The molecule has 3 rings (SSSR count). The van der Waals surface area contributed by atoms with Gasteiger partial charge in [0, 0.05) is 34.7 Å². The van der Waals surface area contributed by atoms with E-state index < -0.39 is 10.0 Å². The van der Waals surface area contributed by atoms with Crippen molar-refractivity contribution < 1.29 is 8.42 Å². The molecular formula is C13H18N4O2S2. The molecule has 2 aromatic rings. The molecule has 21 heavy (non-hydrogen) atoms. The third-order valence-electron chi connectivity index (χ3n) is 3.34. The molecule has 0 unspecified atom stereocenters. The van der Waals surface area contributed by atoms with Gasteiger partial charge in [-0.3, -0.25) is 0 Å². The molecule has 0 bridgehead atoms. The summed E-state index contributed by atoms with van der Waals surface area (Å²) >= 11 is 1.53. The Labute approximate surface area is 128 Å². The van der Waals surface area contributed by atoms with Gasteiger partial charge in [-0.1, -0.05) is 0 Å². The number of sulfonamides is 1. The SMILES string of the molecule is Cc1sc(CNC2CC2)cc1S(=O)(=O)NCc1ncc[nH]1. The number of hydrogen-bond donors (Lipinski definition) is 3. The van der Waals surface area contributed by atoms with Crippen LogP contribution in [0, 0.1) is 6.92 Å². The highest BCUT2D eigenvalue weighted by molar-refractivity contribution is 7.89. The molecule has 0 radical (unpaired) electrons. The molecule has 0 aromatic carbocycles. The number of nitrogens with one attached hydrogen (secondary N) is 3. The predicted molar refractivity (Wildman–Crippen MR) is 81.5 cm³/mol. The summed E-state index contributed by atoms with van der Waals surface area (Å²) in [5, 5.41) is 3.40. The van der Waals surface area contributed by atoms with Crippen molar-refractivity contribution in [2.24, 2.45) is 0 Å². The molecule has 0 spiro atoms. The van der Waals surface area contributed by atoms with Crippen LogP contribution in [0.2, 0.25) is 0 Å². The summed E-state index contributed by atoms with van der Waals surface area (Å²) in [5.74, 6) is 0.599. The van der Waals surface area contributed by atoms with Gasteiger partial charge in [0.15, 0.2) is 0 Å². The highest BCUT2D eigenvalue weighted by Crippen LogP contribution is 2.27. The van der Waals surface area contributed by atoms with Crippen molar-refractivity contribution in [2.75, 3.05) is 0 Å². The van der Waals surface area contributed by atoms with Crippen LogP contribution in [0.5, 0.6) is 0 Å². The van der Waals surface area contributed by atoms with E-state index in [1.807, 2.05) is 6.92 Å². The Bertz CT molecular complexity index is 703. The minimum Gasteiger partial charge on any atom is -0.347 e. The average Bonchev–Trinajstić information content (AvgIpc) is 2.97. The summed E-state index contributed by atoms with van der Waals surface area (Å²) < 4.78 is 27.3. The van der Waals surface area contributed by atoms with Crippen molar-refractivity contribution in [2.45, 2.75) is 43.8 Å². The minimum absolute atomic E-state index is 0.167. The molecule has 1 fully saturated rings. The van der Waals surface area contributed by atoms with Crippen molar-refractivity contribution >= 4 is 21.4 Å². The summed E-state index contributed by atoms with van der Waals surface area (Å²) in [7, 11) is -3.50. The number of hydrogen-bond acceptors (Lipinski definition) is 5. The molecular weight excluding hydrogens is 308 g/mol. The maximum Gasteiger partial charge on any atom is 0.242 e.